The number of anilines is 1. The molecule has 1 aromatic heterocycles. The first-order valence-electron chi connectivity index (χ1n) is 6.28. The molecular formula is C12H24N4O. The minimum absolute atomic E-state index is 0.0284. The van der Waals surface area contributed by atoms with Crippen LogP contribution in [-0.2, 0) is 6.54 Å². The summed E-state index contributed by atoms with van der Waals surface area (Å²) >= 11 is 0. The van der Waals surface area contributed by atoms with Crippen LogP contribution in [0.3, 0.4) is 0 Å². The molecule has 0 atom stereocenters. The maximum atomic E-state index is 5.62. The highest BCUT2D eigenvalue weighted by Gasteiger charge is 2.25. The Labute approximate surface area is 104 Å². The summed E-state index contributed by atoms with van der Waals surface area (Å²) in [6, 6.07) is 0.588. The standard InChI is InChI=1S/C12H24N4O/c1-6-8-13-9-10-14-15-11(17-10)16(5)12(3,4)7-2/h13H,6-9H2,1-5H3. The van der Waals surface area contributed by atoms with Gasteiger partial charge in [-0.1, -0.05) is 18.9 Å². The van der Waals surface area contributed by atoms with Gasteiger partial charge in [0.25, 0.3) is 0 Å². The zero-order valence-electron chi connectivity index (χ0n) is 11.6. The number of rotatable bonds is 7. The Balaban J connectivity index is 2.61. The molecule has 0 spiro atoms. The van der Waals surface area contributed by atoms with E-state index in [9.17, 15) is 0 Å². The van der Waals surface area contributed by atoms with Gasteiger partial charge in [0.2, 0.25) is 5.89 Å². The number of hydrogen-bond acceptors (Lipinski definition) is 5. The second kappa shape index (κ2) is 6.00. The predicted molar refractivity (Wildman–Crippen MR) is 69.1 cm³/mol. The van der Waals surface area contributed by atoms with Crippen LogP contribution in [0.25, 0.3) is 0 Å². The Kier molecular flexibility index (Phi) is 4.93. The van der Waals surface area contributed by atoms with Crippen LogP contribution in [0, 0.1) is 0 Å². The van der Waals surface area contributed by atoms with Gasteiger partial charge in [0, 0.05) is 12.6 Å². The summed E-state index contributed by atoms with van der Waals surface area (Å²) in [6.07, 6.45) is 2.12. The smallest absolute Gasteiger partial charge is 0.318 e. The van der Waals surface area contributed by atoms with Crippen molar-refractivity contribution in [1.29, 1.82) is 0 Å². The van der Waals surface area contributed by atoms with Crippen LogP contribution in [0.5, 0.6) is 0 Å². The van der Waals surface area contributed by atoms with Gasteiger partial charge in [-0.15, -0.1) is 5.10 Å². The van der Waals surface area contributed by atoms with Crippen molar-refractivity contribution in [3.8, 4) is 0 Å². The van der Waals surface area contributed by atoms with Gasteiger partial charge in [0.15, 0.2) is 0 Å². The van der Waals surface area contributed by atoms with Gasteiger partial charge in [-0.2, -0.15) is 0 Å². The maximum absolute atomic E-state index is 5.62. The Morgan fingerprint density at radius 3 is 2.59 bits per heavy atom. The highest BCUT2D eigenvalue weighted by molar-refractivity contribution is 5.27. The minimum Gasteiger partial charge on any atom is -0.407 e. The van der Waals surface area contributed by atoms with Crippen molar-refractivity contribution in [2.24, 2.45) is 0 Å². The van der Waals surface area contributed by atoms with E-state index in [1.165, 1.54) is 0 Å². The highest BCUT2D eigenvalue weighted by Crippen LogP contribution is 2.23. The Bertz CT molecular complexity index is 335. The third-order valence-electron chi connectivity index (χ3n) is 3.22. The van der Waals surface area contributed by atoms with Crippen LogP contribution in [0.15, 0.2) is 4.42 Å². The summed E-state index contributed by atoms with van der Waals surface area (Å²) in [7, 11) is 1.99. The number of hydrogen-bond donors (Lipinski definition) is 1. The average Bonchev–Trinajstić information content (AvgIpc) is 2.77. The van der Waals surface area contributed by atoms with E-state index < -0.39 is 0 Å². The largest absolute Gasteiger partial charge is 0.407 e. The van der Waals surface area contributed by atoms with E-state index in [1.807, 2.05) is 11.9 Å². The topological polar surface area (TPSA) is 54.2 Å². The quantitative estimate of drug-likeness (QED) is 0.740. The third kappa shape index (κ3) is 3.70. The molecule has 17 heavy (non-hydrogen) atoms. The fraction of sp³-hybridized carbons (Fsp3) is 0.833. The van der Waals surface area contributed by atoms with Crippen molar-refractivity contribution in [1.82, 2.24) is 15.5 Å². The Morgan fingerprint density at radius 1 is 1.29 bits per heavy atom. The molecule has 1 N–H and O–H groups in total. The first kappa shape index (κ1) is 14.0. The molecule has 0 aromatic carbocycles. The molecule has 0 bridgehead atoms. The molecule has 0 unspecified atom stereocenters. The van der Waals surface area contributed by atoms with E-state index in [0.29, 0.717) is 18.5 Å². The third-order valence-corrected chi connectivity index (χ3v) is 3.22. The van der Waals surface area contributed by atoms with Gasteiger partial charge in [0.1, 0.15) is 0 Å². The second-order valence-corrected chi connectivity index (χ2v) is 4.88. The van der Waals surface area contributed by atoms with Crippen molar-refractivity contribution in [3.05, 3.63) is 5.89 Å². The maximum Gasteiger partial charge on any atom is 0.318 e. The molecule has 0 saturated carbocycles. The Morgan fingerprint density at radius 2 is 2.00 bits per heavy atom. The molecule has 0 aliphatic rings. The highest BCUT2D eigenvalue weighted by atomic mass is 16.4. The predicted octanol–water partition coefficient (Wildman–Crippen LogP) is 2.19. The van der Waals surface area contributed by atoms with Gasteiger partial charge >= 0.3 is 6.01 Å². The van der Waals surface area contributed by atoms with Gasteiger partial charge in [-0.05, 0) is 33.2 Å². The van der Waals surface area contributed by atoms with Crippen LogP contribution >= 0.6 is 0 Å². The molecule has 1 rings (SSSR count). The van der Waals surface area contributed by atoms with Gasteiger partial charge in [0.05, 0.1) is 6.54 Å². The zero-order valence-corrected chi connectivity index (χ0v) is 11.6. The van der Waals surface area contributed by atoms with Gasteiger partial charge in [-0.25, -0.2) is 0 Å². The minimum atomic E-state index is 0.0284. The SMILES string of the molecule is CCCNCc1nnc(N(C)C(C)(C)CC)o1. The van der Waals surface area contributed by atoms with Crippen molar-refractivity contribution >= 4 is 6.01 Å². The van der Waals surface area contributed by atoms with E-state index in [-0.39, 0.29) is 5.54 Å². The fourth-order valence-corrected chi connectivity index (χ4v) is 1.32. The number of nitrogens with zero attached hydrogens (tertiary/aromatic N) is 3. The molecule has 1 aromatic rings. The monoisotopic (exact) mass is 240 g/mol. The second-order valence-electron chi connectivity index (χ2n) is 4.88. The molecule has 0 saturated heterocycles. The first-order valence-corrected chi connectivity index (χ1v) is 6.28. The van der Waals surface area contributed by atoms with Crippen molar-refractivity contribution in [2.75, 3.05) is 18.5 Å². The van der Waals surface area contributed by atoms with Crippen molar-refractivity contribution < 1.29 is 4.42 Å². The molecule has 5 heteroatoms. The van der Waals surface area contributed by atoms with Crippen LogP contribution in [-0.4, -0.2) is 29.3 Å². The zero-order chi connectivity index (χ0) is 12.9. The molecule has 0 aliphatic carbocycles. The summed E-state index contributed by atoms with van der Waals surface area (Å²) in [5, 5.41) is 11.4. The van der Waals surface area contributed by atoms with E-state index in [1.54, 1.807) is 0 Å². The summed E-state index contributed by atoms with van der Waals surface area (Å²) in [4.78, 5) is 2.03. The molecule has 0 radical (unpaired) electrons. The molecule has 0 aliphatic heterocycles. The summed E-state index contributed by atoms with van der Waals surface area (Å²) in [5.41, 5.74) is 0.0284. The summed E-state index contributed by atoms with van der Waals surface area (Å²) in [5.74, 6) is 0.646. The van der Waals surface area contributed by atoms with E-state index in [0.717, 1.165) is 19.4 Å². The first-order chi connectivity index (χ1) is 8.01. The lowest BCUT2D eigenvalue weighted by molar-refractivity contribution is 0.406. The molecule has 0 fully saturated rings. The molecular weight excluding hydrogens is 216 g/mol. The van der Waals surface area contributed by atoms with E-state index >= 15 is 0 Å². The van der Waals surface area contributed by atoms with Crippen molar-refractivity contribution in [3.63, 3.8) is 0 Å². The number of aromatic nitrogens is 2. The normalized spacial score (nSPS) is 11.8. The summed E-state index contributed by atoms with van der Waals surface area (Å²) in [6.45, 7) is 10.2. The van der Waals surface area contributed by atoms with Crippen LogP contribution in [0.1, 0.15) is 46.4 Å². The van der Waals surface area contributed by atoms with Crippen LogP contribution in [0.4, 0.5) is 6.01 Å². The molecule has 98 valence electrons. The lowest BCUT2D eigenvalue weighted by Gasteiger charge is -2.32. The van der Waals surface area contributed by atoms with Crippen LogP contribution in [0.2, 0.25) is 0 Å². The summed E-state index contributed by atoms with van der Waals surface area (Å²) < 4.78 is 5.62. The van der Waals surface area contributed by atoms with Gasteiger partial charge in [-0.3, -0.25) is 0 Å². The fourth-order valence-electron chi connectivity index (χ4n) is 1.32. The number of nitrogens with one attached hydrogen (secondary N) is 1. The van der Waals surface area contributed by atoms with E-state index in [2.05, 4.69) is 43.2 Å². The van der Waals surface area contributed by atoms with Gasteiger partial charge < -0.3 is 14.6 Å². The lowest BCUT2D eigenvalue weighted by atomic mass is 10.0. The van der Waals surface area contributed by atoms with Crippen molar-refractivity contribution in [2.45, 2.75) is 52.6 Å². The van der Waals surface area contributed by atoms with Crippen LogP contribution < -0.4 is 10.2 Å². The lowest BCUT2D eigenvalue weighted by Crippen LogP contribution is -2.40. The Hall–Kier alpha value is -1.10. The van der Waals surface area contributed by atoms with E-state index in [4.69, 9.17) is 4.42 Å². The average molecular weight is 240 g/mol. The molecule has 0 amide bonds. The molecule has 1 heterocycles. The molecule has 5 nitrogen and oxygen atoms in total.